The molecule has 0 aliphatic carbocycles. The van der Waals surface area contributed by atoms with E-state index in [4.69, 9.17) is 9.47 Å². The molecule has 0 atom stereocenters. The standard InChI is InChI=1S/C17H20N2O3/c1-12-6-4-9-16(13(12)2)22-11-18-17(20)19-14-7-5-8-15(10-14)21-3/h4-10H,11H2,1-3H3,(H2,18,19,20). The van der Waals surface area contributed by atoms with Gasteiger partial charge in [-0.15, -0.1) is 0 Å². The molecule has 0 radical (unpaired) electrons. The van der Waals surface area contributed by atoms with Gasteiger partial charge in [-0.2, -0.15) is 0 Å². The number of amides is 2. The van der Waals surface area contributed by atoms with Crippen LogP contribution in [0.5, 0.6) is 11.5 Å². The number of aryl methyl sites for hydroxylation is 1. The molecule has 0 spiro atoms. The van der Waals surface area contributed by atoms with Crippen LogP contribution in [0.25, 0.3) is 0 Å². The zero-order chi connectivity index (χ0) is 15.9. The number of carbonyl (C=O) groups excluding carboxylic acids is 1. The Balaban J connectivity index is 1.84. The van der Waals surface area contributed by atoms with E-state index in [0.717, 1.165) is 16.9 Å². The van der Waals surface area contributed by atoms with E-state index in [2.05, 4.69) is 10.6 Å². The van der Waals surface area contributed by atoms with Gasteiger partial charge in [-0.3, -0.25) is 0 Å². The average molecular weight is 300 g/mol. The number of carbonyl (C=O) groups is 1. The smallest absolute Gasteiger partial charge is 0.321 e. The molecule has 0 fully saturated rings. The van der Waals surface area contributed by atoms with E-state index in [1.54, 1.807) is 25.3 Å². The minimum absolute atomic E-state index is 0.0973. The predicted molar refractivity (Wildman–Crippen MR) is 86.6 cm³/mol. The summed E-state index contributed by atoms with van der Waals surface area (Å²) in [5.74, 6) is 1.45. The number of benzene rings is 2. The third kappa shape index (κ3) is 4.15. The summed E-state index contributed by atoms with van der Waals surface area (Å²) in [6.45, 7) is 4.10. The summed E-state index contributed by atoms with van der Waals surface area (Å²) in [5.41, 5.74) is 2.87. The van der Waals surface area contributed by atoms with Crippen molar-refractivity contribution in [3.05, 3.63) is 53.6 Å². The molecule has 2 rings (SSSR count). The van der Waals surface area contributed by atoms with Crippen molar-refractivity contribution in [2.45, 2.75) is 13.8 Å². The number of methoxy groups -OCH3 is 1. The number of anilines is 1. The highest BCUT2D eigenvalue weighted by atomic mass is 16.5. The number of rotatable bonds is 5. The third-order valence-electron chi connectivity index (χ3n) is 3.34. The molecule has 2 aromatic rings. The van der Waals surface area contributed by atoms with Crippen molar-refractivity contribution in [1.82, 2.24) is 5.32 Å². The van der Waals surface area contributed by atoms with Crippen molar-refractivity contribution >= 4 is 11.7 Å². The summed E-state index contributed by atoms with van der Waals surface area (Å²) in [6, 6.07) is 12.6. The van der Waals surface area contributed by atoms with Crippen LogP contribution in [-0.4, -0.2) is 19.9 Å². The Kier molecular flexibility index (Phi) is 5.25. The Morgan fingerprint density at radius 1 is 1.14 bits per heavy atom. The summed E-state index contributed by atoms with van der Waals surface area (Å²) in [4.78, 5) is 11.8. The summed E-state index contributed by atoms with van der Waals surface area (Å²) in [5, 5.41) is 5.37. The van der Waals surface area contributed by atoms with Gasteiger partial charge in [0.05, 0.1) is 7.11 Å². The van der Waals surface area contributed by atoms with Gasteiger partial charge in [-0.1, -0.05) is 18.2 Å². The third-order valence-corrected chi connectivity index (χ3v) is 3.34. The lowest BCUT2D eigenvalue weighted by molar-refractivity contribution is 0.234. The Morgan fingerprint density at radius 2 is 1.91 bits per heavy atom. The molecule has 0 saturated carbocycles. The molecule has 116 valence electrons. The largest absolute Gasteiger partial charge is 0.497 e. The molecule has 0 unspecified atom stereocenters. The minimum atomic E-state index is -0.335. The van der Waals surface area contributed by atoms with Crippen LogP contribution < -0.4 is 20.1 Å². The molecule has 5 nitrogen and oxygen atoms in total. The number of ether oxygens (including phenoxy) is 2. The van der Waals surface area contributed by atoms with Gasteiger partial charge in [-0.25, -0.2) is 4.79 Å². The van der Waals surface area contributed by atoms with Crippen molar-refractivity contribution in [3.63, 3.8) is 0 Å². The summed E-state index contributed by atoms with van der Waals surface area (Å²) in [6.07, 6.45) is 0. The van der Waals surface area contributed by atoms with Crippen LogP contribution in [0.2, 0.25) is 0 Å². The van der Waals surface area contributed by atoms with E-state index >= 15 is 0 Å². The molecule has 2 amide bonds. The SMILES string of the molecule is COc1cccc(NC(=O)NCOc2cccc(C)c2C)c1. The highest BCUT2D eigenvalue weighted by Gasteiger charge is 2.04. The fourth-order valence-corrected chi connectivity index (χ4v) is 1.94. The molecule has 0 saturated heterocycles. The van der Waals surface area contributed by atoms with E-state index < -0.39 is 0 Å². The molecule has 2 aromatic carbocycles. The Bertz CT molecular complexity index is 656. The van der Waals surface area contributed by atoms with Gasteiger partial charge in [0, 0.05) is 11.8 Å². The highest BCUT2D eigenvalue weighted by Crippen LogP contribution is 2.20. The van der Waals surface area contributed by atoms with Crippen molar-refractivity contribution in [2.75, 3.05) is 19.2 Å². The molecule has 22 heavy (non-hydrogen) atoms. The van der Waals surface area contributed by atoms with Gasteiger partial charge < -0.3 is 20.1 Å². The molecular weight excluding hydrogens is 280 g/mol. The predicted octanol–water partition coefficient (Wildman–Crippen LogP) is 3.47. The fraction of sp³-hybridized carbons (Fsp3) is 0.235. The van der Waals surface area contributed by atoms with Crippen LogP contribution in [-0.2, 0) is 0 Å². The maximum atomic E-state index is 11.8. The monoisotopic (exact) mass is 300 g/mol. The van der Waals surface area contributed by atoms with Gasteiger partial charge in [0.2, 0.25) is 0 Å². The van der Waals surface area contributed by atoms with Crippen molar-refractivity contribution in [1.29, 1.82) is 0 Å². The van der Waals surface area contributed by atoms with Gasteiger partial charge in [0.25, 0.3) is 0 Å². The molecule has 0 heterocycles. The molecule has 0 aliphatic heterocycles. The fourth-order valence-electron chi connectivity index (χ4n) is 1.94. The van der Waals surface area contributed by atoms with Crippen LogP contribution in [0.4, 0.5) is 10.5 Å². The Hall–Kier alpha value is -2.69. The second-order valence-corrected chi connectivity index (χ2v) is 4.85. The first-order chi connectivity index (χ1) is 10.6. The lowest BCUT2D eigenvalue weighted by atomic mass is 10.1. The normalized spacial score (nSPS) is 9.95. The zero-order valence-corrected chi connectivity index (χ0v) is 13.0. The Morgan fingerprint density at radius 3 is 2.68 bits per heavy atom. The number of nitrogens with one attached hydrogen (secondary N) is 2. The van der Waals surface area contributed by atoms with Crippen LogP contribution in [0.1, 0.15) is 11.1 Å². The van der Waals surface area contributed by atoms with Crippen molar-refractivity contribution in [3.8, 4) is 11.5 Å². The first kappa shape index (κ1) is 15.7. The van der Waals surface area contributed by atoms with Gasteiger partial charge in [0.1, 0.15) is 11.5 Å². The number of hydrogen-bond acceptors (Lipinski definition) is 3. The van der Waals surface area contributed by atoms with Gasteiger partial charge >= 0.3 is 6.03 Å². The van der Waals surface area contributed by atoms with E-state index in [9.17, 15) is 4.79 Å². The highest BCUT2D eigenvalue weighted by molar-refractivity contribution is 5.89. The average Bonchev–Trinajstić information content (AvgIpc) is 2.51. The van der Waals surface area contributed by atoms with Crippen LogP contribution in [0.15, 0.2) is 42.5 Å². The zero-order valence-electron chi connectivity index (χ0n) is 13.0. The van der Waals surface area contributed by atoms with Crippen LogP contribution >= 0.6 is 0 Å². The summed E-state index contributed by atoms with van der Waals surface area (Å²) >= 11 is 0. The molecule has 0 aliphatic rings. The number of urea groups is 1. The molecule has 5 heteroatoms. The lowest BCUT2D eigenvalue weighted by Gasteiger charge is -2.12. The topological polar surface area (TPSA) is 59.6 Å². The first-order valence-electron chi connectivity index (χ1n) is 6.98. The second-order valence-electron chi connectivity index (χ2n) is 4.85. The molecule has 0 aromatic heterocycles. The molecule has 2 N–H and O–H groups in total. The Labute approximate surface area is 130 Å². The van der Waals surface area contributed by atoms with Crippen LogP contribution in [0, 0.1) is 13.8 Å². The minimum Gasteiger partial charge on any atom is -0.497 e. The molecule has 0 bridgehead atoms. The van der Waals surface area contributed by atoms with E-state index in [0.29, 0.717) is 11.4 Å². The second kappa shape index (κ2) is 7.36. The van der Waals surface area contributed by atoms with Crippen molar-refractivity contribution in [2.24, 2.45) is 0 Å². The van der Waals surface area contributed by atoms with Crippen molar-refractivity contribution < 1.29 is 14.3 Å². The summed E-state index contributed by atoms with van der Waals surface area (Å²) in [7, 11) is 1.58. The van der Waals surface area contributed by atoms with E-state index in [1.165, 1.54) is 0 Å². The lowest BCUT2D eigenvalue weighted by Crippen LogP contribution is -2.32. The van der Waals surface area contributed by atoms with E-state index in [1.807, 2.05) is 38.1 Å². The first-order valence-corrected chi connectivity index (χ1v) is 6.98. The van der Waals surface area contributed by atoms with E-state index in [-0.39, 0.29) is 12.8 Å². The quantitative estimate of drug-likeness (QED) is 0.831. The van der Waals surface area contributed by atoms with Gasteiger partial charge in [0.15, 0.2) is 6.73 Å². The maximum Gasteiger partial charge on any atom is 0.321 e. The molecular formula is C17H20N2O3. The summed E-state index contributed by atoms with van der Waals surface area (Å²) < 4.78 is 10.7. The van der Waals surface area contributed by atoms with Gasteiger partial charge in [-0.05, 0) is 43.2 Å². The maximum absolute atomic E-state index is 11.8. The number of hydrogen-bond donors (Lipinski definition) is 2. The van der Waals surface area contributed by atoms with Crippen LogP contribution in [0.3, 0.4) is 0 Å².